The predicted molar refractivity (Wildman–Crippen MR) is 84.0 cm³/mol. The van der Waals surface area contributed by atoms with Crippen LogP contribution in [-0.2, 0) is 6.42 Å². The van der Waals surface area contributed by atoms with Crippen molar-refractivity contribution in [3.05, 3.63) is 17.0 Å². The molecule has 1 aromatic heterocycles. The van der Waals surface area contributed by atoms with Crippen molar-refractivity contribution in [2.45, 2.75) is 71.7 Å². The summed E-state index contributed by atoms with van der Waals surface area (Å²) in [6, 6.07) is 0.951. The van der Waals surface area contributed by atoms with Crippen molar-refractivity contribution >= 4 is 11.8 Å². The van der Waals surface area contributed by atoms with Crippen molar-refractivity contribution in [3.63, 3.8) is 0 Å². The minimum atomic E-state index is 0.334. The van der Waals surface area contributed by atoms with Gasteiger partial charge in [-0.25, -0.2) is 0 Å². The molecule has 19 heavy (non-hydrogen) atoms. The van der Waals surface area contributed by atoms with Crippen LogP contribution >= 0.6 is 11.8 Å². The first-order valence-electron chi connectivity index (χ1n) is 7.01. The van der Waals surface area contributed by atoms with Gasteiger partial charge in [0.2, 0.25) is 0 Å². The molecule has 3 nitrogen and oxygen atoms in total. The van der Waals surface area contributed by atoms with Crippen molar-refractivity contribution in [3.8, 4) is 0 Å². The van der Waals surface area contributed by atoms with E-state index in [-0.39, 0.29) is 0 Å². The maximum atomic E-state index is 5.21. The molecule has 0 saturated carbocycles. The van der Waals surface area contributed by atoms with Gasteiger partial charge >= 0.3 is 0 Å². The molecule has 1 rings (SSSR count). The zero-order valence-corrected chi connectivity index (χ0v) is 14.1. The van der Waals surface area contributed by atoms with Gasteiger partial charge in [-0.3, -0.25) is 0 Å². The lowest BCUT2D eigenvalue weighted by Crippen LogP contribution is -2.38. The average molecular weight is 284 g/mol. The Balaban J connectivity index is 2.41. The molecule has 0 aliphatic carbocycles. The molecular formula is C15H28N2OS. The number of nitrogens with one attached hydrogen (secondary N) is 1. The summed E-state index contributed by atoms with van der Waals surface area (Å²) < 4.78 is 5.55. The maximum Gasteiger partial charge on any atom is 0.137 e. The quantitative estimate of drug-likeness (QED) is 0.864. The van der Waals surface area contributed by atoms with Gasteiger partial charge in [-0.05, 0) is 34.1 Å². The molecule has 0 saturated heterocycles. The summed E-state index contributed by atoms with van der Waals surface area (Å²) in [4.78, 5) is 0. The number of aryl methyl sites for hydroxylation is 2. The number of rotatable bonds is 6. The van der Waals surface area contributed by atoms with Gasteiger partial charge < -0.3 is 9.84 Å². The molecule has 0 aliphatic heterocycles. The van der Waals surface area contributed by atoms with Crippen LogP contribution in [0.3, 0.4) is 0 Å². The fourth-order valence-electron chi connectivity index (χ4n) is 2.07. The van der Waals surface area contributed by atoms with Gasteiger partial charge in [-0.15, -0.1) is 0 Å². The summed E-state index contributed by atoms with van der Waals surface area (Å²) in [6.45, 7) is 15.3. The largest absolute Gasteiger partial charge is 0.361 e. The number of hydrogen-bond donors (Lipinski definition) is 1. The van der Waals surface area contributed by atoms with E-state index in [1.165, 1.54) is 5.56 Å². The Hall–Kier alpha value is -0.480. The number of hydrogen-bond acceptors (Lipinski definition) is 4. The van der Waals surface area contributed by atoms with E-state index in [4.69, 9.17) is 4.52 Å². The highest BCUT2D eigenvalue weighted by Crippen LogP contribution is 2.23. The topological polar surface area (TPSA) is 38.1 Å². The fourth-order valence-corrected chi connectivity index (χ4v) is 2.91. The number of nitrogens with zero attached hydrogens (tertiary/aromatic N) is 1. The zero-order chi connectivity index (χ0) is 14.6. The Morgan fingerprint density at radius 2 is 1.84 bits per heavy atom. The van der Waals surface area contributed by atoms with Crippen molar-refractivity contribution in [1.82, 2.24) is 10.5 Å². The predicted octanol–water partition coefficient (Wildman–Crippen LogP) is 3.73. The summed E-state index contributed by atoms with van der Waals surface area (Å²) in [5, 5.41) is 7.66. The Kier molecular flexibility index (Phi) is 5.93. The van der Waals surface area contributed by atoms with Crippen LogP contribution in [0.25, 0.3) is 0 Å². The third-order valence-electron chi connectivity index (χ3n) is 3.03. The van der Waals surface area contributed by atoms with Gasteiger partial charge in [0.05, 0.1) is 5.69 Å². The first-order valence-corrected chi connectivity index (χ1v) is 7.99. The molecule has 0 spiro atoms. The van der Waals surface area contributed by atoms with E-state index in [2.05, 4.69) is 45.1 Å². The number of aromatic nitrogens is 1. The smallest absolute Gasteiger partial charge is 0.137 e. The van der Waals surface area contributed by atoms with E-state index in [0.29, 0.717) is 16.8 Å². The van der Waals surface area contributed by atoms with E-state index >= 15 is 0 Å². The van der Waals surface area contributed by atoms with Crippen LogP contribution in [0.2, 0.25) is 0 Å². The second-order valence-corrected chi connectivity index (χ2v) is 8.25. The van der Waals surface area contributed by atoms with E-state index < -0.39 is 0 Å². The molecule has 0 fully saturated rings. The molecule has 1 heterocycles. The average Bonchev–Trinajstić information content (AvgIpc) is 2.57. The van der Waals surface area contributed by atoms with Crippen molar-refractivity contribution < 1.29 is 4.52 Å². The SMILES string of the molecule is Cc1noc(C)c1C[C@@H](C)N[C@@H](C)CSC(C)(C)C. The summed E-state index contributed by atoms with van der Waals surface area (Å²) in [7, 11) is 0. The molecular weight excluding hydrogens is 256 g/mol. The highest BCUT2D eigenvalue weighted by molar-refractivity contribution is 8.00. The third-order valence-corrected chi connectivity index (χ3v) is 4.56. The molecule has 0 radical (unpaired) electrons. The van der Waals surface area contributed by atoms with Crippen LogP contribution < -0.4 is 5.32 Å². The summed E-state index contributed by atoms with van der Waals surface area (Å²) in [6.07, 6.45) is 0.978. The van der Waals surface area contributed by atoms with Gasteiger partial charge in [0.15, 0.2) is 0 Å². The zero-order valence-electron chi connectivity index (χ0n) is 13.3. The maximum absolute atomic E-state index is 5.21. The standard InChI is InChI=1S/C15H28N2OS/c1-10(8-14-12(3)17-18-13(14)4)16-11(2)9-19-15(5,6)7/h10-11,16H,8-9H2,1-7H3/t10-,11+/m1/s1. The molecule has 1 aromatic rings. The Morgan fingerprint density at radius 1 is 1.21 bits per heavy atom. The first-order chi connectivity index (χ1) is 8.69. The molecule has 1 N–H and O–H groups in total. The summed E-state index contributed by atoms with van der Waals surface area (Å²) >= 11 is 2.00. The van der Waals surface area contributed by atoms with E-state index in [0.717, 1.165) is 23.6 Å². The van der Waals surface area contributed by atoms with Crippen LogP contribution in [0.5, 0.6) is 0 Å². The molecule has 0 bridgehead atoms. The van der Waals surface area contributed by atoms with Gasteiger partial charge in [0.25, 0.3) is 0 Å². The monoisotopic (exact) mass is 284 g/mol. The highest BCUT2D eigenvalue weighted by Gasteiger charge is 2.16. The van der Waals surface area contributed by atoms with E-state index in [9.17, 15) is 0 Å². The minimum Gasteiger partial charge on any atom is -0.361 e. The van der Waals surface area contributed by atoms with Crippen LogP contribution in [-0.4, -0.2) is 27.7 Å². The lowest BCUT2D eigenvalue weighted by atomic mass is 10.1. The minimum absolute atomic E-state index is 0.334. The molecule has 0 aromatic carbocycles. The Bertz CT molecular complexity index is 376. The van der Waals surface area contributed by atoms with Crippen LogP contribution in [0, 0.1) is 13.8 Å². The third kappa shape index (κ3) is 6.00. The lowest BCUT2D eigenvalue weighted by Gasteiger charge is -2.24. The normalized spacial score (nSPS) is 15.5. The fraction of sp³-hybridized carbons (Fsp3) is 0.800. The first kappa shape index (κ1) is 16.6. The Morgan fingerprint density at radius 3 is 2.32 bits per heavy atom. The molecule has 0 amide bonds. The molecule has 4 heteroatoms. The van der Waals surface area contributed by atoms with Crippen molar-refractivity contribution in [2.75, 3.05) is 5.75 Å². The van der Waals surface area contributed by atoms with Gasteiger partial charge in [-0.2, -0.15) is 11.8 Å². The van der Waals surface area contributed by atoms with E-state index in [1.54, 1.807) is 0 Å². The lowest BCUT2D eigenvalue weighted by molar-refractivity contribution is 0.391. The van der Waals surface area contributed by atoms with Crippen LogP contribution in [0.1, 0.15) is 51.6 Å². The van der Waals surface area contributed by atoms with Gasteiger partial charge in [0.1, 0.15) is 5.76 Å². The second-order valence-electron chi connectivity index (χ2n) is 6.40. The Labute approximate surface area is 121 Å². The summed E-state index contributed by atoms with van der Waals surface area (Å²) in [5.41, 5.74) is 2.26. The molecule has 0 unspecified atom stereocenters. The molecule has 0 aliphatic rings. The summed E-state index contributed by atoms with van der Waals surface area (Å²) in [5.74, 6) is 2.08. The van der Waals surface area contributed by atoms with E-state index in [1.807, 2.05) is 25.6 Å². The van der Waals surface area contributed by atoms with Gasteiger partial charge in [-0.1, -0.05) is 25.9 Å². The van der Waals surface area contributed by atoms with Crippen LogP contribution in [0.4, 0.5) is 0 Å². The molecule has 110 valence electrons. The number of thioether (sulfide) groups is 1. The second kappa shape index (κ2) is 6.80. The van der Waals surface area contributed by atoms with Crippen molar-refractivity contribution in [1.29, 1.82) is 0 Å². The van der Waals surface area contributed by atoms with Gasteiger partial charge in [0, 0.05) is 28.1 Å². The highest BCUT2D eigenvalue weighted by atomic mass is 32.2. The molecule has 2 atom stereocenters. The van der Waals surface area contributed by atoms with Crippen LogP contribution in [0.15, 0.2) is 4.52 Å². The van der Waals surface area contributed by atoms with Crippen molar-refractivity contribution in [2.24, 2.45) is 0 Å².